The number of aliphatic carboxylic acids is 1. The van der Waals surface area contributed by atoms with E-state index < -0.39 is 5.97 Å². The largest absolute Gasteiger partial charge is 0.481 e. The topological polar surface area (TPSA) is 49.8 Å². The highest BCUT2D eigenvalue weighted by Crippen LogP contribution is 2.26. The van der Waals surface area contributed by atoms with Crippen molar-refractivity contribution in [1.82, 2.24) is 4.90 Å². The monoisotopic (exact) mass is 255 g/mol. The summed E-state index contributed by atoms with van der Waals surface area (Å²) in [5.41, 5.74) is 0. The van der Waals surface area contributed by atoms with Crippen LogP contribution in [0.25, 0.3) is 0 Å². The summed E-state index contributed by atoms with van der Waals surface area (Å²) in [5.74, 6) is -1.06. The van der Waals surface area contributed by atoms with Crippen molar-refractivity contribution >= 4 is 5.97 Å². The highest BCUT2D eigenvalue weighted by Gasteiger charge is 2.38. The molecule has 1 aliphatic carbocycles. The van der Waals surface area contributed by atoms with Crippen molar-refractivity contribution in [1.29, 1.82) is 0 Å². The highest BCUT2D eigenvalue weighted by atomic mass is 16.5. The minimum absolute atomic E-state index is 0.0620. The lowest BCUT2D eigenvalue weighted by Crippen LogP contribution is -2.46. The van der Waals surface area contributed by atoms with Crippen LogP contribution >= 0.6 is 0 Å². The SMILES string of the molecule is CN(C1CCCCCCC1)C1COCC1C(=O)O. The molecule has 0 spiro atoms. The third kappa shape index (κ3) is 3.23. The van der Waals surface area contributed by atoms with Gasteiger partial charge in [-0.1, -0.05) is 32.1 Å². The Morgan fingerprint density at radius 1 is 1.11 bits per heavy atom. The van der Waals surface area contributed by atoms with E-state index in [9.17, 15) is 9.90 Å². The Morgan fingerprint density at radius 3 is 2.33 bits per heavy atom. The predicted octanol–water partition coefficient (Wildman–Crippen LogP) is 2.13. The molecule has 0 aromatic carbocycles. The van der Waals surface area contributed by atoms with Crippen LogP contribution in [0, 0.1) is 5.92 Å². The van der Waals surface area contributed by atoms with E-state index in [0.717, 1.165) is 0 Å². The number of nitrogens with zero attached hydrogens (tertiary/aromatic N) is 1. The van der Waals surface area contributed by atoms with Crippen LogP contribution in [0.4, 0.5) is 0 Å². The van der Waals surface area contributed by atoms with Crippen LogP contribution in [-0.2, 0) is 9.53 Å². The molecule has 1 N–H and O–H groups in total. The average molecular weight is 255 g/mol. The number of carbonyl (C=O) groups is 1. The number of hydrogen-bond donors (Lipinski definition) is 1. The van der Waals surface area contributed by atoms with Crippen LogP contribution in [0.2, 0.25) is 0 Å². The van der Waals surface area contributed by atoms with Crippen LogP contribution in [0.3, 0.4) is 0 Å². The summed E-state index contributed by atoms with van der Waals surface area (Å²) in [7, 11) is 2.08. The molecular weight excluding hydrogens is 230 g/mol. The molecule has 1 aliphatic heterocycles. The van der Waals surface area contributed by atoms with Gasteiger partial charge < -0.3 is 9.84 Å². The van der Waals surface area contributed by atoms with Crippen molar-refractivity contribution in [2.45, 2.75) is 57.0 Å². The Balaban J connectivity index is 1.95. The summed E-state index contributed by atoms with van der Waals surface area (Å²) in [6.45, 7) is 0.945. The zero-order chi connectivity index (χ0) is 13.0. The fraction of sp³-hybridized carbons (Fsp3) is 0.929. The minimum Gasteiger partial charge on any atom is -0.481 e. The molecule has 18 heavy (non-hydrogen) atoms. The summed E-state index contributed by atoms with van der Waals surface area (Å²) in [6.07, 6.45) is 8.99. The Labute approximate surface area is 109 Å². The van der Waals surface area contributed by atoms with Gasteiger partial charge in [-0.3, -0.25) is 9.69 Å². The first-order valence-electron chi connectivity index (χ1n) is 7.22. The van der Waals surface area contributed by atoms with Crippen LogP contribution in [-0.4, -0.2) is 48.3 Å². The standard InChI is InChI=1S/C14H25NO3/c1-15(11-7-5-3-2-4-6-8-11)13-10-18-9-12(13)14(16)17/h11-13H,2-10H2,1H3,(H,16,17). The Hall–Kier alpha value is -0.610. The number of rotatable bonds is 3. The van der Waals surface area contributed by atoms with Gasteiger partial charge in [-0.05, 0) is 19.9 Å². The fourth-order valence-corrected chi connectivity index (χ4v) is 3.29. The number of ether oxygens (including phenoxy) is 1. The van der Waals surface area contributed by atoms with Gasteiger partial charge in [0.25, 0.3) is 0 Å². The van der Waals surface area contributed by atoms with E-state index in [-0.39, 0.29) is 12.0 Å². The van der Waals surface area contributed by atoms with Crippen molar-refractivity contribution in [3.05, 3.63) is 0 Å². The number of likely N-dealkylation sites (N-methyl/N-ethyl adjacent to an activating group) is 1. The predicted molar refractivity (Wildman–Crippen MR) is 69.6 cm³/mol. The van der Waals surface area contributed by atoms with Gasteiger partial charge in [-0.25, -0.2) is 0 Å². The van der Waals surface area contributed by atoms with E-state index in [1.807, 2.05) is 0 Å². The smallest absolute Gasteiger partial charge is 0.310 e. The number of hydrogen-bond acceptors (Lipinski definition) is 3. The molecule has 0 bridgehead atoms. The molecule has 0 amide bonds. The Morgan fingerprint density at radius 2 is 1.72 bits per heavy atom. The molecule has 2 fully saturated rings. The molecule has 2 rings (SSSR count). The summed E-state index contributed by atoms with van der Waals surface area (Å²) in [4.78, 5) is 13.5. The molecule has 4 nitrogen and oxygen atoms in total. The molecule has 0 aromatic heterocycles. The van der Waals surface area contributed by atoms with Gasteiger partial charge in [-0.15, -0.1) is 0 Å². The number of carboxylic acid groups (broad SMARTS) is 1. The van der Waals surface area contributed by atoms with E-state index in [1.54, 1.807) is 0 Å². The van der Waals surface area contributed by atoms with Gasteiger partial charge >= 0.3 is 5.97 Å². The Kier molecular flexibility index (Phi) is 5.01. The van der Waals surface area contributed by atoms with Gasteiger partial charge in [0.05, 0.1) is 19.1 Å². The molecule has 104 valence electrons. The molecule has 4 heteroatoms. The quantitative estimate of drug-likeness (QED) is 0.839. The first-order chi connectivity index (χ1) is 8.70. The summed E-state index contributed by atoms with van der Waals surface area (Å²) in [5, 5.41) is 9.22. The van der Waals surface area contributed by atoms with Crippen molar-refractivity contribution in [2.75, 3.05) is 20.3 Å². The fourth-order valence-electron chi connectivity index (χ4n) is 3.29. The molecule has 1 saturated heterocycles. The normalized spacial score (nSPS) is 31.2. The van der Waals surface area contributed by atoms with Crippen LogP contribution in [0.1, 0.15) is 44.9 Å². The molecular formula is C14H25NO3. The summed E-state index contributed by atoms with van der Waals surface area (Å²) < 4.78 is 5.38. The van der Waals surface area contributed by atoms with Crippen LogP contribution in [0.5, 0.6) is 0 Å². The van der Waals surface area contributed by atoms with E-state index in [1.165, 1.54) is 44.9 Å². The molecule has 2 aliphatic rings. The van der Waals surface area contributed by atoms with Gasteiger partial charge in [0.2, 0.25) is 0 Å². The van der Waals surface area contributed by atoms with Gasteiger partial charge in [-0.2, -0.15) is 0 Å². The van der Waals surface area contributed by atoms with E-state index in [0.29, 0.717) is 19.3 Å². The zero-order valence-electron chi connectivity index (χ0n) is 11.3. The van der Waals surface area contributed by atoms with Gasteiger partial charge in [0, 0.05) is 12.1 Å². The van der Waals surface area contributed by atoms with Gasteiger partial charge in [0.15, 0.2) is 0 Å². The second kappa shape index (κ2) is 6.53. The maximum absolute atomic E-state index is 11.2. The summed E-state index contributed by atoms with van der Waals surface area (Å²) >= 11 is 0. The third-order valence-corrected chi connectivity index (χ3v) is 4.54. The second-order valence-corrected chi connectivity index (χ2v) is 5.71. The average Bonchev–Trinajstić information content (AvgIpc) is 2.76. The van der Waals surface area contributed by atoms with Gasteiger partial charge in [0.1, 0.15) is 0 Å². The molecule has 2 unspecified atom stereocenters. The molecule has 1 heterocycles. The lowest BCUT2D eigenvalue weighted by molar-refractivity contribution is -0.143. The lowest BCUT2D eigenvalue weighted by Gasteiger charge is -2.35. The first-order valence-corrected chi connectivity index (χ1v) is 7.22. The van der Waals surface area contributed by atoms with Crippen molar-refractivity contribution in [2.24, 2.45) is 5.92 Å². The first kappa shape index (κ1) is 13.8. The van der Waals surface area contributed by atoms with Crippen LogP contribution in [0.15, 0.2) is 0 Å². The van der Waals surface area contributed by atoms with Crippen molar-refractivity contribution in [3.8, 4) is 0 Å². The summed E-state index contributed by atoms with van der Waals surface area (Å²) in [6, 6.07) is 0.603. The molecule has 2 atom stereocenters. The highest BCUT2D eigenvalue weighted by molar-refractivity contribution is 5.71. The third-order valence-electron chi connectivity index (χ3n) is 4.54. The van der Waals surface area contributed by atoms with Crippen LogP contribution < -0.4 is 0 Å². The van der Waals surface area contributed by atoms with E-state index >= 15 is 0 Å². The number of carboxylic acids is 1. The molecule has 1 saturated carbocycles. The zero-order valence-corrected chi connectivity index (χ0v) is 11.3. The molecule has 0 aromatic rings. The minimum atomic E-state index is -0.713. The maximum Gasteiger partial charge on any atom is 0.310 e. The molecule has 0 radical (unpaired) electrons. The van der Waals surface area contributed by atoms with E-state index in [4.69, 9.17) is 4.74 Å². The van der Waals surface area contributed by atoms with Crippen molar-refractivity contribution < 1.29 is 14.6 Å². The van der Waals surface area contributed by atoms with E-state index in [2.05, 4.69) is 11.9 Å². The second-order valence-electron chi connectivity index (χ2n) is 5.71. The lowest BCUT2D eigenvalue weighted by atomic mass is 9.93. The van der Waals surface area contributed by atoms with Crippen molar-refractivity contribution in [3.63, 3.8) is 0 Å². The Bertz CT molecular complexity index is 274. The maximum atomic E-state index is 11.2.